The summed E-state index contributed by atoms with van der Waals surface area (Å²) in [5, 5.41) is 1.03. The highest BCUT2D eigenvalue weighted by atomic mass is 32.2. The Hall–Kier alpha value is -2.31. The summed E-state index contributed by atoms with van der Waals surface area (Å²) < 4.78 is 33.8. The van der Waals surface area contributed by atoms with Gasteiger partial charge in [-0.1, -0.05) is 17.7 Å². The number of nitrogens with zero attached hydrogens (tertiary/aromatic N) is 1. The van der Waals surface area contributed by atoms with Crippen LogP contribution in [-0.4, -0.2) is 31.4 Å². The van der Waals surface area contributed by atoms with Crippen LogP contribution < -0.4 is 4.74 Å². The molecule has 4 rings (SSSR count). The minimum absolute atomic E-state index is 0.373. The number of aryl methyl sites for hydroxylation is 3. The van der Waals surface area contributed by atoms with E-state index in [2.05, 4.69) is 4.98 Å². The van der Waals surface area contributed by atoms with Crippen LogP contribution in [-0.2, 0) is 23.0 Å². The molecule has 0 saturated heterocycles. The topological polar surface area (TPSA) is 62.4 Å². The summed E-state index contributed by atoms with van der Waals surface area (Å²) in [4.78, 5) is 3.87. The highest BCUT2D eigenvalue weighted by Crippen LogP contribution is 2.34. The van der Waals surface area contributed by atoms with E-state index >= 15 is 0 Å². The van der Waals surface area contributed by atoms with E-state index in [0.717, 1.165) is 44.6 Å². The number of nitrogens with one attached hydrogen (secondary N) is 1. The van der Waals surface area contributed by atoms with Crippen molar-refractivity contribution in [3.63, 3.8) is 0 Å². The van der Waals surface area contributed by atoms with Crippen molar-refractivity contribution < 1.29 is 13.2 Å². The van der Waals surface area contributed by atoms with Gasteiger partial charge in [-0.25, -0.2) is 8.42 Å². The van der Waals surface area contributed by atoms with Crippen molar-refractivity contribution in [3.8, 4) is 5.75 Å². The van der Waals surface area contributed by atoms with E-state index < -0.39 is 10.0 Å². The first-order valence-electron chi connectivity index (χ1n) is 9.06. The van der Waals surface area contributed by atoms with Gasteiger partial charge >= 0.3 is 0 Å². The maximum absolute atomic E-state index is 13.4. The number of aromatic amines is 1. The molecule has 27 heavy (non-hydrogen) atoms. The fourth-order valence-electron chi connectivity index (χ4n) is 4.20. The zero-order valence-electron chi connectivity index (χ0n) is 16.1. The van der Waals surface area contributed by atoms with Crippen LogP contribution in [0.15, 0.2) is 35.2 Å². The van der Waals surface area contributed by atoms with Crippen LogP contribution >= 0.6 is 0 Å². The molecule has 5 nitrogen and oxygen atoms in total. The standard InChI is InChI=1S/C21H24N2O3S/c1-13-9-14(2)21(15(3)10-13)27(24,25)23-8-7-20-18(12-23)17-11-16(26-4)5-6-19(17)22-20/h5-6,9-11,22H,7-8,12H2,1-4H3. The number of methoxy groups -OCH3 is 1. The number of fused-ring (bicyclic) bond motifs is 3. The molecule has 6 heteroatoms. The number of ether oxygens (including phenoxy) is 1. The van der Waals surface area contributed by atoms with Gasteiger partial charge in [-0.2, -0.15) is 4.31 Å². The van der Waals surface area contributed by atoms with Crippen molar-refractivity contribution in [1.29, 1.82) is 0 Å². The minimum Gasteiger partial charge on any atom is -0.497 e. The molecule has 0 spiro atoms. The van der Waals surface area contributed by atoms with E-state index in [1.807, 2.05) is 51.1 Å². The molecular weight excluding hydrogens is 360 g/mol. The molecule has 142 valence electrons. The molecule has 0 amide bonds. The lowest BCUT2D eigenvalue weighted by atomic mass is 10.1. The average Bonchev–Trinajstić information content (AvgIpc) is 2.97. The summed E-state index contributed by atoms with van der Waals surface area (Å²) in [5.41, 5.74) is 5.86. The minimum atomic E-state index is -3.56. The van der Waals surface area contributed by atoms with Gasteiger partial charge in [0.25, 0.3) is 0 Å². The van der Waals surface area contributed by atoms with Gasteiger partial charge in [0, 0.05) is 36.1 Å². The van der Waals surface area contributed by atoms with E-state index in [0.29, 0.717) is 24.4 Å². The Balaban J connectivity index is 1.78. The van der Waals surface area contributed by atoms with E-state index in [-0.39, 0.29) is 0 Å². The quantitative estimate of drug-likeness (QED) is 0.746. The van der Waals surface area contributed by atoms with Gasteiger partial charge in [-0.05, 0) is 55.7 Å². The van der Waals surface area contributed by atoms with Crippen LogP contribution in [0.1, 0.15) is 27.9 Å². The van der Waals surface area contributed by atoms with Gasteiger partial charge in [-0.15, -0.1) is 0 Å². The monoisotopic (exact) mass is 384 g/mol. The molecule has 1 aliphatic rings. The molecule has 1 N–H and O–H groups in total. The Morgan fingerprint density at radius 3 is 2.44 bits per heavy atom. The van der Waals surface area contributed by atoms with Gasteiger partial charge in [0.15, 0.2) is 0 Å². The highest BCUT2D eigenvalue weighted by molar-refractivity contribution is 7.89. The van der Waals surface area contributed by atoms with E-state index in [4.69, 9.17) is 4.74 Å². The number of benzene rings is 2. The summed E-state index contributed by atoms with van der Waals surface area (Å²) in [6, 6.07) is 9.75. The zero-order chi connectivity index (χ0) is 19.3. The third kappa shape index (κ3) is 2.93. The Labute approximate surface area is 160 Å². The highest BCUT2D eigenvalue weighted by Gasteiger charge is 2.32. The number of H-pyrrole nitrogens is 1. The molecule has 0 bridgehead atoms. The second-order valence-electron chi connectivity index (χ2n) is 7.31. The van der Waals surface area contributed by atoms with Crippen LogP contribution in [0.2, 0.25) is 0 Å². The summed E-state index contributed by atoms with van der Waals surface area (Å²) in [6.45, 7) is 6.59. The van der Waals surface area contributed by atoms with Crippen molar-refractivity contribution in [2.24, 2.45) is 0 Å². The van der Waals surface area contributed by atoms with Gasteiger partial charge < -0.3 is 9.72 Å². The van der Waals surface area contributed by atoms with Crippen molar-refractivity contribution >= 4 is 20.9 Å². The predicted molar refractivity (Wildman–Crippen MR) is 107 cm³/mol. The number of hydrogen-bond donors (Lipinski definition) is 1. The van der Waals surface area contributed by atoms with E-state index in [9.17, 15) is 8.42 Å². The van der Waals surface area contributed by atoms with Gasteiger partial charge in [0.1, 0.15) is 5.75 Å². The summed E-state index contributed by atoms with van der Waals surface area (Å²) >= 11 is 0. The summed E-state index contributed by atoms with van der Waals surface area (Å²) in [6.07, 6.45) is 0.676. The first kappa shape index (κ1) is 18.1. The maximum atomic E-state index is 13.4. The molecule has 0 aliphatic carbocycles. The largest absolute Gasteiger partial charge is 0.497 e. The van der Waals surface area contributed by atoms with Crippen molar-refractivity contribution in [3.05, 3.63) is 58.3 Å². The Morgan fingerprint density at radius 2 is 1.78 bits per heavy atom. The molecule has 3 aromatic rings. The van der Waals surface area contributed by atoms with Crippen molar-refractivity contribution in [1.82, 2.24) is 9.29 Å². The SMILES string of the molecule is COc1ccc2[nH]c3c(c2c1)CN(S(=O)(=O)c1c(C)cc(C)cc1C)CC3. The van der Waals surface area contributed by atoms with Crippen LogP contribution in [0.25, 0.3) is 10.9 Å². The fourth-order valence-corrected chi connectivity index (χ4v) is 6.02. The molecule has 1 aliphatic heterocycles. The first-order chi connectivity index (χ1) is 12.8. The maximum Gasteiger partial charge on any atom is 0.243 e. The molecule has 2 heterocycles. The predicted octanol–water partition coefficient (Wildman–Crippen LogP) is 3.85. The first-order valence-corrected chi connectivity index (χ1v) is 10.5. The fraction of sp³-hybridized carbons (Fsp3) is 0.333. The molecule has 0 atom stereocenters. The molecule has 1 aromatic heterocycles. The Morgan fingerprint density at radius 1 is 1.07 bits per heavy atom. The van der Waals surface area contributed by atoms with Crippen LogP contribution in [0.5, 0.6) is 5.75 Å². The number of aromatic nitrogens is 1. The molecule has 0 fully saturated rings. The lowest BCUT2D eigenvalue weighted by Crippen LogP contribution is -2.36. The smallest absolute Gasteiger partial charge is 0.243 e. The normalized spacial score (nSPS) is 15.1. The van der Waals surface area contributed by atoms with Crippen molar-refractivity contribution in [2.75, 3.05) is 13.7 Å². The lowest BCUT2D eigenvalue weighted by molar-refractivity contribution is 0.390. The van der Waals surface area contributed by atoms with Gasteiger partial charge in [-0.3, -0.25) is 0 Å². The molecule has 2 aromatic carbocycles. The summed E-state index contributed by atoms with van der Waals surface area (Å²) in [5.74, 6) is 0.773. The van der Waals surface area contributed by atoms with Crippen LogP contribution in [0, 0.1) is 20.8 Å². The van der Waals surface area contributed by atoms with E-state index in [1.54, 1.807) is 11.4 Å². The second-order valence-corrected chi connectivity index (χ2v) is 9.18. The van der Waals surface area contributed by atoms with E-state index in [1.165, 1.54) is 0 Å². The third-order valence-electron chi connectivity index (χ3n) is 5.35. The van der Waals surface area contributed by atoms with Crippen molar-refractivity contribution in [2.45, 2.75) is 38.6 Å². The zero-order valence-corrected chi connectivity index (χ0v) is 16.9. The lowest BCUT2D eigenvalue weighted by Gasteiger charge is -2.28. The molecule has 0 saturated carbocycles. The number of sulfonamides is 1. The van der Waals surface area contributed by atoms with Gasteiger partial charge in [0.05, 0.1) is 12.0 Å². The second kappa shape index (κ2) is 6.39. The Bertz CT molecular complexity index is 1120. The molecule has 0 radical (unpaired) electrons. The Kier molecular flexibility index (Phi) is 4.28. The summed E-state index contributed by atoms with van der Waals surface area (Å²) in [7, 11) is -1.92. The van der Waals surface area contributed by atoms with Gasteiger partial charge in [0.2, 0.25) is 10.0 Å². The number of rotatable bonds is 3. The third-order valence-corrected chi connectivity index (χ3v) is 7.50. The van der Waals surface area contributed by atoms with Crippen LogP contribution in [0.3, 0.4) is 0 Å². The number of hydrogen-bond acceptors (Lipinski definition) is 3. The average molecular weight is 385 g/mol. The molecular formula is C21H24N2O3S. The van der Waals surface area contributed by atoms with Crippen LogP contribution in [0.4, 0.5) is 0 Å². The molecule has 0 unspecified atom stereocenters.